The monoisotopic (exact) mass is 406 g/mol. The van der Waals surface area contributed by atoms with Gasteiger partial charge in [0.15, 0.2) is 0 Å². The second kappa shape index (κ2) is 7.92. The number of hydrogen-bond acceptors (Lipinski definition) is 5. The Morgan fingerprint density at radius 2 is 1.43 bits per heavy atom. The third-order valence-electron chi connectivity index (χ3n) is 4.13. The molecule has 0 unspecified atom stereocenters. The first-order chi connectivity index (χ1) is 13.6. The highest BCUT2D eigenvalue weighted by molar-refractivity contribution is 8.18. The van der Waals surface area contributed by atoms with Crippen LogP contribution in [0.2, 0.25) is 0 Å². The van der Waals surface area contributed by atoms with Gasteiger partial charge in [-0.25, -0.2) is 3.71 Å². The van der Waals surface area contributed by atoms with Crippen LogP contribution >= 0.6 is 23.9 Å². The number of anilines is 2. The maximum Gasteiger partial charge on any atom is 0.253 e. The Balaban J connectivity index is 1.73. The van der Waals surface area contributed by atoms with E-state index in [9.17, 15) is 4.79 Å². The van der Waals surface area contributed by atoms with Gasteiger partial charge in [-0.2, -0.15) is 0 Å². The molecule has 4 rings (SSSR count). The van der Waals surface area contributed by atoms with Gasteiger partial charge in [-0.15, -0.1) is 0 Å². The summed E-state index contributed by atoms with van der Waals surface area (Å²) in [6.07, 6.45) is 0. The summed E-state index contributed by atoms with van der Waals surface area (Å²) in [5.41, 5.74) is 13.5. The third kappa shape index (κ3) is 3.81. The van der Waals surface area contributed by atoms with E-state index in [0.29, 0.717) is 5.56 Å². The first-order valence-electron chi connectivity index (χ1n) is 8.59. The van der Waals surface area contributed by atoms with Gasteiger partial charge in [-0.05, 0) is 66.4 Å². The first-order valence-corrected chi connectivity index (χ1v) is 10.1. The van der Waals surface area contributed by atoms with Crippen molar-refractivity contribution in [2.75, 3.05) is 9.44 Å². The molecular formula is C21H18N4OS2. The zero-order chi connectivity index (χ0) is 19.5. The Bertz CT molecular complexity index is 1070. The molecule has 0 saturated heterocycles. The number of amides is 1. The average Bonchev–Trinajstić information content (AvgIpc) is 3.04. The minimum absolute atomic E-state index is 0.289. The van der Waals surface area contributed by atoms with Crippen LogP contribution in [0, 0.1) is 0 Å². The second-order valence-corrected chi connectivity index (χ2v) is 8.34. The Hall–Kier alpha value is -3.03. The average molecular weight is 407 g/mol. The lowest BCUT2D eigenvalue weighted by molar-refractivity contribution is 0.100. The number of nitrogens with zero attached hydrogens (tertiary/aromatic N) is 1. The van der Waals surface area contributed by atoms with Crippen LogP contribution in [-0.4, -0.2) is 10.9 Å². The largest absolute Gasteiger partial charge is 0.385 e. The Kier molecular flexibility index (Phi) is 5.18. The topological polar surface area (TPSA) is 88.1 Å². The van der Waals surface area contributed by atoms with Crippen molar-refractivity contribution < 1.29 is 4.79 Å². The molecule has 5 nitrogen and oxygen atoms in total. The standard InChI is InChI=1S/C21H18N4OS2/c22-20-19(21(23)26)17-12-11-14(13-18(17)24-20)25(27-15-7-3-1-4-8-15)28-16-9-5-2-6-10-16/h1-13,24H,22H2,(H2,23,26). The Morgan fingerprint density at radius 3 is 1.96 bits per heavy atom. The molecule has 0 saturated carbocycles. The van der Waals surface area contributed by atoms with Crippen molar-refractivity contribution in [3.05, 3.63) is 84.4 Å². The van der Waals surface area contributed by atoms with Crippen LogP contribution in [0.4, 0.5) is 11.5 Å². The normalized spacial score (nSPS) is 10.9. The molecule has 5 N–H and O–H groups in total. The molecule has 3 aromatic carbocycles. The highest BCUT2D eigenvalue weighted by Gasteiger charge is 2.17. The van der Waals surface area contributed by atoms with E-state index in [1.807, 2.05) is 54.6 Å². The number of nitrogens with one attached hydrogen (secondary N) is 1. The SMILES string of the molecule is NC(=O)c1c(N)[nH]c2cc(N(Sc3ccccc3)Sc3ccccc3)ccc12. The van der Waals surface area contributed by atoms with Gasteiger partial charge in [0.2, 0.25) is 0 Å². The van der Waals surface area contributed by atoms with Crippen LogP contribution in [0.1, 0.15) is 10.4 Å². The van der Waals surface area contributed by atoms with Gasteiger partial charge < -0.3 is 16.5 Å². The van der Waals surface area contributed by atoms with Crippen LogP contribution in [0.5, 0.6) is 0 Å². The fraction of sp³-hybridized carbons (Fsp3) is 0. The van der Waals surface area contributed by atoms with E-state index in [1.54, 1.807) is 23.9 Å². The molecule has 1 aromatic heterocycles. The zero-order valence-electron chi connectivity index (χ0n) is 14.8. The molecule has 7 heteroatoms. The van der Waals surface area contributed by atoms with Gasteiger partial charge in [0.1, 0.15) is 5.82 Å². The number of carbonyl (C=O) groups excluding carboxylic acids is 1. The molecule has 0 fully saturated rings. The van der Waals surface area contributed by atoms with Crippen molar-refractivity contribution in [1.29, 1.82) is 0 Å². The van der Waals surface area contributed by atoms with Gasteiger partial charge in [0.25, 0.3) is 5.91 Å². The number of rotatable bonds is 6. The summed E-state index contributed by atoms with van der Waals surface area (Å²) in [5.74, 6) is -0.247. The number of carbonyl (C=O) groups is 1. The number of aromatic amines is 1. The summed E-state index contributed by atoms with van der Waals surface area (Å²) >= 11 is 3.24. The molecule has 0 aliphatic heterocycles. The summed E-state index contributed by atoms with van der Waals surface area (Å²) in [6.45, 7) is 0. The van der Waals surface area contributed by atoms with E-state index in [4.69, 9.17) is 11.5 Å². The number of aromatic nitrogens is 1. The van der Waals surface area contributed by atoms with E-state index >= 15 is 0 Å². The lowest BCUT2D eigenvalue weighted by atomic mass is 10.1. The quantitative estimate of drug-likeness (QED) is 0.389. The van der Waals surface area contributed by atoms with Crippen LogP contribution in [0.25, 0.3) is 10.9 Å². The molecule has 28 heavy (non-hydrogen) atoms. The zero-order valence-corrected chi connectivity index (χ0v) is 16.5. The number of nitrogens with two attached hydrogens (primary N) is 2. The third-order valence-corrected chi connectivity index (χ3v) is 6.30. The molecular weight excluding hydrogens is 388 g/mol. The van der Waals surface area contributed by atoms with Crippen molar-refractivity contribution in [2.45, 2.75) is 9.79 Å². The molecule has 0 atom stereocenters. The summed E-state index contributed by atoms with van der Waals surface area (Å²) in [7, 11) is 0. The predicted molar refractivity (Wildman–Crippen MR) is 118 cm³/mol. The highest BCUT2D eigenvalue weighted by Crippen LogP contribution is 2.40. The van der Waals surface area contributed by atoms with Crippen LogP contribution in [-0.2, 0) is 0 Å². The molecule has 0 bridgehead atoms. The number of hydrogen-bond donors (Lipinski definition) is 3. The van der Waals surface area contributed by atoms with Gasteiger partial charge in [0.05, 0.1) is 11.3 Å². The molecule has 140 valence electrons. The van der Waals surface area contributed by atoms with Crippen molar-refractivity contribution in [3.8, 4) is 0 Å². The number of benzene rings is 3. The fourth-order valence-corrected chi connectivity index (χ4v) is 4.91. The highest BCUT2D eigenvalue weighted by atomic mass is 32.2. The van der Waals surface area contributed by atoms with Gasteiger partial charge >= 0.3 is 0 Å². The van der Waals surface area contributed by atoms with E-state index in [-0.39, 0.29) is 5.82 Å². The lowest BCUT2D eigenvalue weighted by Crippen LogP contribution is -2.12. The minimum Gasteiger partial charge on any atom is -0.385 e. The van der Waals surface area contributed by atoms with Gasteiger partial charge in [-0.3, -0.25) is 4.79 Å². The maximum atomic E-state index is 11.7. The molecule has 0 spiro atoms. The fourth-order valence-electron chi connectivity index (χ4n) is 2.86. The predicted octanol–water partition coefficient (Wildman–Crippen LogP) is 5.07. The molecule has 0 aliphatic rings. The number of nitrogen functional groups attached to an aromatic ring is 1. The Labute approximate surface area is 171 Å². The van der Waals surface area contributed by atoms with E-state index < -0.39 is 5.91 Å². The van der Waals surface area contributed by atoms with Crippen molar-refractivity contribution in [2.24, 2.45) is 5.73 Å². The van der Waals surface area contributed by atoms with E-state index in [0.717, 1.165) is 26.4 Å². The first kappa shape index (κ1) is 18.3. The number of H-pyrrole nitrogens is 1. The van der Waals surface area contributed by atoms with Crippen LogP contribution in [0.3, 0.4) is 0 Å². The van der Waals surface area contributed by atoms with E-state index in [1.165, 1.54) is 0 Å². The minimum atomic E-state index is -0.536. The van der Waals surface area contributed by atoms with Crippen LogP contribution in [0.15, 0.2) is 88.7 Å². The van der Waals surface area contributed by atoms with Crippen molar-refractivity contribution in [3.63, 3.8) is 0 Å². The van der Waals surface area contributed by atoms with Gasteiger partial charge in [-0.1, -0.05) is 36.4 Å². The summed E-state index contributed by atoms with van der Waals surface area (Å²) in [6, 6.07) is 26.2. The molecule has 1 heterocycles. The smallest absolute Gasteiger partial charge is 0.253 e. The number of primary amides is 1. The molecule has 4 aromatic rings. The van der Waals surface area contributed by atoms with Crippen molar-refractivity contribution in [1.82, 2.24) is 4.98 Å². The summed E-state index contributed by atoms with van der Waals surface area (Å²) in [4.78, 5) is 17.0. The summed E-state index contributed by atoms with van der Waals surface area (Å²) < 4.78 is 2.13. The summed E-state index contributed by atoms with van der Waals surface area (Å²) in [5, 5.41) is 0.725. The van der Waals surface area contributed by atoms with E-state index in [2.05, 4.69) is 33.0 Å². The molecule has 1 amide bonds. The number of fused-ring (bicyclic) bond motifs is 1. The molecule has 0 aliphatic carbocycles. The lowest BCUT2D eigenvalue weighted by Gasteiger charge is -2.22. The second-order valence-electron chi connectivity index (χ2n) is 6.07. The Morgan fingerprint density at radius 1 is 0.857 bits per heavy atom. The van der Waals surface area contributed by atoms with Crippen LogP contribution < -0.4 is 15.2 Å². The maximum absolute atomic E-state index is 11.7. The van der Waals surface area contributed by atoms with Crippen molar-refractivity contribution >= 4 is 52.2 Å². The molecule has 0 radical (unpaired) electrons. The van der Waals surface area contributed by atoms with Gasteiger partial charge in [0, 0.05) is 20.7 Å².